The first-order valence-electron chi connectivity index (χ1n) is 7.17. The van der Waals surface area contributed by atoms with Crippen molar-refractivity contribution in [1.29, 1.82) is 0 Å². The predicted octanol–water partition coefficient (Wildman–Crippen LogP) is 0.993. The summed E-state index contributed by atoms with van der Waals surface area (Å²) in [5.74, 6) is 0. The number of morpholine rings is 1. The summed E-state index contributed by atoms with van der Waals surface area (Å²) in [6.07, 6.45) is 0.281. The number of aryl methyl sites for hydroxylation is 1. The summed E-state index contributed by atoms with van der Waals surface area (Å²) in [5.41, 5.74) is 2.36. The molecule has 2 aromatic rings. The van der Waals surface area contributed by atoms with Crippen molar-refractivity contribution in [2.75, 3.05) is 33.3 Å². The Labute approximate surface area is 119 Å². The highest BCUT2D eigenvalue weighted by molar-refractivity contribution is 5.81. The van der Waals surface area contributed by atoms with Crippen molar-refractivity contribution in [2.24, 2.45) is 7.05 Å². The van der Waals surface area contributed by atoms with E-state index in [0.29, 0.717) is 0 Å². The van der Waals surface area contributed by atoms with E-state index in [1.807, 2.05) is 18.8 Å². The molecule has 0 spiro atoms. The van der Waals surface area contributed by atoms with Gasteiger partial charge >= 0.3 is 0 Å². The molecule has 20 heavy (non-hydrogen) atoms. The number of likely N-dealkylation sites (N-methyl/N-ethyl adjacent to an activating group) is 1. The zero-order valence-corrected chi connectivity index (χ0v) is 12.2. The molecular weight excluding hydrogens is 252 g/mol. The molecule has 1 aliphatic rings. The lowest BCUT2D eigenvalue weighted by molar-refractivity contribution is -0.0294. The van der Waals surface area contributed by atoms with E-state index < -0.39 is 0 Å². The van der Waals surface area contributed by atoms with Gasteiger partial charge in [0.25, 0.3) is 0 Å². The molecule has 2 heterocycles. The maximum absolute atomic E-state index is 5.75. The minimum Gasteiger partial charge on any atom is -0.374 e. The number of fused-ring (bicyclic) bond motifs is 1. The molecule has 1 fully saturated rings. The van der Waals surface area contributed by atoms with Gasteiger partial charge < -0.3 is 10.1 Å². The van der Waals surface area contributed by atoms with Crippen LogP contribution in [-0.2, 0) is 18.3 Å². The van der Waals surface area contributed by atoms with E-state index in [4.69, 9.17) is 4.74 Å². The van der Waals surface area contributed by atoms with Crippen LogP contribution in [0.3, 0.4) is 0 Å². The molecule has 0 amide bonds. The zero-order valence-electron chi connectivity index (χ0n) is 12.2. The van der Waals surface area contributed by atoms with E-state index in [9.17, 15) is 0 Å². The Kier molecular flexibility index (Phi) is 4.00. The fourth-order valence-electron chi connectivity index (χ4n) is 2.89. The standard InChI is InChI=1S/C15H22N4O/c1-16-9-12-10-19(7-8-20-12)11-14-13-5-3-4-6-15(13)18(2)17-14/h3-6,12,16H,7-11H2,1-2H3. The predicted molar refractivity (Wildman–Crippen MR) is 79.7 cm³/mol. The summed E-state index contributed by atoms with van der Waals surface area (Å²) in [7, 11) is 3.98. The third-order valence-electron chi connectivity index (χ3n) is 3.86. The van der Waals surface area contributed by atoms with Gasteiger partial charge in [-0.25, -0.2) is 0 Å². The third kappa shape index (κ3) is 2.70. The van der Waals surface area contributed by atoms with E-state index in [0.717, 1.165) is 38.5 Å². The fourth-order valence-corrected chi connectivity index (χ4v) is 2.89. The topological polar surface area (TPSA) is 42.3 Å². The van der Waals surface area contributed by atoms with Gasteiger partial charge in [-0.3, -0.25) is 9.58 Å². The zero-order chi connectivity index (χ0) is 13.9. The molecule has 108 valence electrons. The lowest BCUT2D eigenvalue weighted by atomic mass is 10.2. The molecule has 3 rings (SSSR count). The average Bonchev–Trinajstić information content (AvgIpc) is 2.77. The van der Waals surface area contributed by atoms with Crippen LogP contribution in [0, 0.1) is 0 Å². The molecule has 0 bridgehead atoms. The Balaban J connectivity index is 1.76. The second kappa shape index (κ2) is 5.91. The van der Waals surface area contributed by atoms with Crippen LogP contribution in [0.25, 0.3) is 10.9 Å². The average molecular weight is 274 g/mol. The van der Waals surface area contributed by atoms with E-state index >= 15 is 0 Å². The molecule has 5 nitrogen and oxygen atoms in total. The molecule has 1 N–H and O–H groups in total. The number of ether oxygens (including phenoxy) is 1. The summed E-state index contributed by atoms with van der Waals surface area (Å²) in [4.78, 5) is 2.43. The van der Waals surface area contributed by atoms with Gasteiger partial charge in [0.05, 0.1) is 23.9 Å². The Bertz CT molecular complexity index is 578. The highest BCUT2D eigenvalue weighted by atomic mass is 16.5. The number of aromatic nitrogens is 2. The van der Waals surface area contributed by atoms with Crippen molar-refractivity contribution in [3.63, 3.8) is 0 Å². The van der Waals surface area contributed by atoms with Gasteiger partial charge in [0, 0.05) is 38.6 Å². The van der Waals surface area contributed by atoms with E-state index in [1.165, 1.54) is 10.9 Å². The lowest BCUT2D eigenvalue weighted by Crippen LogP contribution is -2.45. The Hall–Kier alpha value is -1.43. The molecule has 0 saturated carbocycles. The molecule has 5 heteroatoms. The molecule has 1 atom stereocenters. The van der Waals surface area contributed by atoms with Gasteiger partial charge in [-0.05, 0) is 13.1 Å². The number of benzene rings is 1. The number of hydrogen-bond acceptors (Lipinski definition) is 4. The maximum Gasteiger partial charge on any atom is 0.0843 e. The molecule has 0 radical (unpaired) electrons. The maximum atomic E-state index is 5.75. The van der Waals surface area contributed by atoms with Gasteiger partial charge in [-0.2, -0.15) is 5.10 Å². The number of rotatable bonds is 4. The Morgan fingerprint density at radius 3 is 3.10 bits per heavy atom. The fraction of sp³-hybridized carbons (Fsp3) is 0.533. The second-order valence-corrected chi connectivity index (χ2v) is 5.37. The van der Waals surface area contributed by atoms with Crippen molar-refractivity contribution < 1.29 is 4.74 Å². The van der Waals surface area contributed by atoms with Crippen LogP contribution in [0.1, 0.15) is 5.69 Å². The number of nitrogens with one attached hydrogen (secondary N) is 1. The summed E-state index contributed by atoms with van der Waals surface area (Å²) in [5, 5.41) is 9.11. The number of hydrogen-bond donors (Lipinski definition) is 1. The smallest absolute Gasteiger partial charge is 0.0843 e. The van der Waals surface area contributed by atoms with Crippen LogP contribution in [0.5, 0.6) is 0 Å². The van der Waals surface area contributed by atoms with Crippen LogP contribution in [0.15, 0.2) is 24.3 Å². The van der Waals surface area contributed by atoms with Gasteiger partial charge in [-0.1, -0.05) is 18.2 Å². The molecule has 1 aromatic heterocycles. The van der Waals surface area contributed by atoms with Crippen LogP contribution in [-0.4, -0.2) is 54.1 Å². The lowest BCUT2D eigenvalue weighted by Gasteiger charge is -2.32. The largest absolute Gasteiger partial charge is 0.374 e. The monoisotopic (exact) mass is 274 g/mol. The molecule has 1 unspecified atom stereocenters. The molecule has 1 aromatic carbocycles. The molecule has 1 aliphatic heterocycles. The van der Waals surface area contributed by atoms with Crippen LogP contribution in [0.4, 0.5) is 0 Å². The molecular formula is C15H22N4O. The first-order chi connectivity index (χ1) is 9.78. The van der Waals surface area contributed by atoms with Crippen LogP contribution < -0.4 is 5.32 Å². The normalized spacial score (nSPS) is 20.6. The van der Waals surface area contributed by atoms with E-state index in [2.05, 4.69) is 39.6 Å². The summed E-state index contributed by atoms with van der Waals surface area (Å²) < 4.78 is 7.72. The first kappa shape index (κ1) is 13.5. The highest BCUT2D eigenvalue weighted by Gasteiger charge is 2.21. The van der Waals surface area contributed by atoms with Gasteiger partial charge in [0.1, 0.15) is 0 Å². The minimum atomic E-state index is 0.281. The van der Waals surface area contributed by atoms with Crippen LogP contribution in [0.2, 0.25) is 0 Å². The van der Waals surface area contributed by atoms with Gasteiger partial charge in [-0.15, -0.1) is 0 Å². The summed E-state index contributed by atoms with van der Waals surface area (Å²) in [6, 6.07) is 8.42. The van der Waals surface area contributed by atoms with Crippen molar-refractivity contribution >= 4 is 10.9 Å². The Morgan fingerprint density at radius 1 is 1.40 bits per heavy atom. The first-order valence-corrected chi connectivity index (χ1v) is 7.17. The summed E-state index contributed by atoms with van der Waals surface area (Å²) in [6.45, 7) is 4.54. The van der Waals surface area contributed by atoms with Gasteiger partial charge in [0.15, 0.2) is 0 Å². The second-order valence-electron chi connectivity index (χ2n) is 5.37. The quantitative estimate of drug-likeness (QED) is 0.903. The number of para-hydroxylation sites is 1. The van der Waals surface area contributed by atoms with Crippen molar-refractivity contribution in [3.05, 3.63) is 30.0 Å². The van der Waals surface area contributed by atoms with Crippen LogP contribution >= 0.6 is 0 Å². The summed E-state index contributed by atoms with van der Waals surface area (Å²) >= 11 is 0. The van der Waals surface area contributed by atoms with Gasteiger partial charge in [0.2, 0.25) is 0 Å². The van der Waals surface area contributed by atoms with E-state index in [1.54, 1.807) is 0 Å². The highest BCUT2D eigenvalue weighted by Crippen LogP contribution is 2.19. The van der Waals surface area contributed by atoms with Crippen molar-refractivity contribution in [1.82, 2.24) is 20.0 Å². The number of nitrogens with zero attached hydrogens (tertiary/aromatic N) is 3. The van der Waals surface area contributed by atoms with Crippen molar-refractivity contribution in [2.45, 2.75) is 12.6 Å². The van der Waals surface area contributed by atoms with E-state index in [-0.39, 0.29) is 6.10 Å². The third-order valence-corrected chi connectivity index (χ3v) is 3.86. The minimum absolute atomic E-state index is 0.281. The molecule has 0 aliphatic carbocycles. The SMILES string of the molecule is CNCC1CN(Cc2nn(C)c3ccccc23)CCO1. The Morgan fingerprint density at radius 2 is 2.25 bits per heavy atom. The van der Waals surface area contributed by atoms with Crippen molar-refractivity contribution in [3.8, 4) is 0 Å². The molecule has 1 saturated heterocycles.